The summed E-state index contributed by atoms with van der Waals surface area (Å²) in [5.74, 6) is -1.24. The summed E-state index contributed by atoms with van der Waals surface area (Å²) in [5.41, 5.74) is 1.89. The molecule has 3 aromatic rings. The lowest BCUT2D eigenvalue weighted by molar-refractivity contribution is -0.172. The molecule has 2 aromatic heterocycles. The highest BCUT2D eigenvalue weighted by atomic mass is 19.1. The Labute approximate surface area is 241 Å². The zero-order chi connectivity index (χ0) is 29.6. The second-order valence-corrected chi connectivity index (χ2v) is 12.3. The average molecular weight is 576 g/mol. The van der Waals surface area contributed by atoms with Crippen LogP contribution in [0.2, 0.25) is 0 Å². The van der Waals surface area contributed by atoms with E-state index in [1.54, 1.807) is 24.5 Å². The summed E-state index contributed by atoms with van der Waals surface area (Å²) in [4.78, 5) is 45.1. The maximum atomic E-state index is 15.2. The highest BCUT2D eigenvalue weighted by Crippen LogP contribution is 2.47. The first kappa shape index (κ1) is 27.2. The van der Waals surface area contributed by atoms with E-state index in [1.807, 2.05) is 0 Å². The number of rotatable bonds is 5. The lowest BCUT2D eigenvalue weighted by Crippen LogP contribution is -2.44. The Morgan fingerprint density at radius 2 is 1.98 bits per heavy atom. The molecular weight excluding hydrogens is 541 g/mol. The number of nitrogens with zero attached hydrogens (tertiary/aromatic N) is 2. The number of benzene rings is 1. The van der Waals surface area contributed by atoms with Crippen molar-refractivity contribution in [3.05, 3.63) is 61.7 Å². The molecule has 0 bridgehead atoms. The highest BCUT2D eigenvalue weighted by Gasteiger charge is 2.46. The number of pyridine rings is 2. The van der Waals surface area contributed by atoms with Gasteiger partial charge in [-0.3, -0.25) is 9.59 Å². The summed E-state index contributed by atoms with van der Waals surface area (Å²) >= 11 is 0. The van der Waals surface area contributed by atoms with Crippen molar-refractivity contribution >= 4 is 22.8 Å². The molecule has 0 radical (unpaired) electrons. The number of halogens is 1. The van der Waals surface area contributed by atoms with E-state index in [1.165, 1.54) is 6.07 Å². The van der Waals surface area contributed by atoms with E-state index in [-0.39, 0.29) is 60.6 Å². The van der Waals surface area contributed by atoms with Gasteiger partial charge in [0.2, 0.25) is 5.91 Å². The van der Waals surface area contributed by atoms with Crippen LogP contribution < -0.4 is 10.9 Å². The lowest BCUT2D eigenvalue weighted by Gasteiger charge is -2.34. The van der Waals surface area contributed by atoms with Crippen LogP contribution in [0.5, 0.6) is 0 Å². The standard InChI is InChI=1S/C32H34FN3O6/c1-3-32(41)20-12-24-27-18(14-36(24)28(38)19(20)15-42-30(32)40)26-22(35-29(39)31(10-11-37)8-4-5-9-31)7-6-17-16(2)21(33)13-23(34-27)25(17)26/h12-13,22,37,41H,3-11,14-15H2,1-2H3,(H,35,39)/t22-,32-/m0/s1. The number of aliphatic hydroxyl groups excluding tert-OH is 1. The van der Waals surface area contributed by atoms with Crippen LogP contribution in [0.25, 0.3) is 22.3 Å². The van der Waals surface area contributed by atoms with Crippen LogP contribution >= 0.6 is 0 Å². The van der Waals surface area contributed by atoms with Gasteiger partial charge < -0.3 is 24.8 Å². The van der Waals surface area contributed by atoms with Crippen molar-refractivity contribution in [2.45, 2.75) is 90.0 Å². The zero-order valence-corrected chi connectivity index (χ0v) is 23.8. The second kappa shape index (κ2) is 9.44. The van der Waals surface area contributed by atoms with Crippen LogP contribution in [0.15, 0.2) is 16.9 Å². The number of amides is 1. The van der Waals surface area contributed by atoms with Gasteiger partial charge in [0.1, 0.15) is 12.4 Å². The van der Waals surface area contributed by atoms with Crippen molar-refractivity contribution in [1.82, 2.24) is 14.9 Å². The van der Waals surface area contributed by atoms with Gasteiger partial charge in [0.25, 0.3) is 5.56 Å². The number of cyclic esters (lactones) is 1. The van der Waals surface area contributed by atoms with Crippen molar-refractivity contribution in [3.63, 3.8) is 0 Å². The molecule has 10 heteroatoms. The number of hydrogen-bond acceptors (Lipinski definition) is 7. The molecule has 0 saturated heterocycles. The molecule has 220 valence electrons. The summed E-state index contributed by atoms with van der Waals surface area (Å²) in [7, 11) is 0. The van der Waals surface area contributed by atoms with E-state index < -0.39 is 17.0 Å². The lowest BCUT2D eigenvalue weighted by atomic mass is 9.79. The number of hydrogen-bond donors (Lipinski definition) is 3. The molecule has 0 unspecified atom stereocenters. The SMILES string of the molecule is CC[C@@]1(O)C(=O)OCc2c1cc1n(c2=O)Cc2c-1nc1cc(F)c(C)c3c1c2[C@@H](NC(=O)C1(CCO)CCCC1)CC3. The van der Waals surface area contributed by atoms with Gasteiger partial charge in [0.05, 0.1) is 40.5 Å². The largest absolute Gasteiger partial charge is 0.458 e. The fourth-order valence-corrected chi connectivity index (χ4v) is 7.87. The quantitative estimate of drug-likeness (QED) is 0.310. The normalized spacial score (nSPS) is 23.4. The summed E-state index contributed by atoms with van der Waals surface area (Å²) in [6, 6.07) is 2.67. The maximum absolute atomic E-state index is 15.2. The molecule has 2 aliphatic heterocycles. The number of esters is 1. The molecule has 4 aliphatic rings. The third-order valence-corrected chi connectivity index (χ3v) is 10.3. The Morgan fingerprint density at radius 1 is 1.21 bits per heavy atom. The molecule has 1 aromatic carbocycles. The molecule has 2 atom stereocenters. The van der Waals surface area contributed by atoms with Crippen molar-refractivity contribution in [3.8, 4) is 11.4 Å². The van der Waals surface area contributed by atoms with E-state index in [2.05, 4.69) is 5.32 Å². The minimum Gasteiger partial charge on any atom is -0.458 e. The van der Waals surface area contributed by atoms with Gasteiger partial charge >= 0.3 is 5.97 Å². The number of ether oxygens (including phenoxy) is 1. The fraction of sp³-hybridized carbons (Fsp3) is 0.500. The van der Waals surface area contributed by atoms with E-state index >= 15 is 4.39 Å². The third kappa shape index (κ3) is 3.60. The van der Waals surface area contributed by atoms with Crippen molar-refractivity contribution in [1.29, 1.82) is 0 Å². The summed E-state index contributed by atoms with van der Waals surface area (Å²) < 4.78 is 21.9. The number of carbonyl (C=O) groups excluding carboxylic acids is 2. The minimum absolute atomic E-state index is 0.0303. The van der Waals surface area contributed by atoms with E-state index in [0.29, 0.717) is 41.7 Å². The van der Waals surface area contributed by atoms with Crippen LogP contribution in [0.4, 0.5) is 4.39 Å². The minimum atomic E-state index is -1.95. The van der Waals surface area contributed by atoms with Crippen LogP contribution in [0, 0.1) is 18.2 Å². The van der Waals surface area contributed by atoms with Crippen molar-refractivity contribution in [2.75, 3.05) is 6.61 Å². The number of nitrogens with one attached hydrogen (secondary N) is 1. The van der Waals surface area contributed by atoms with Gasteiger partial charge in [0.15, 0.2) is 5.60 Å². The van der Waals surface area contributed by atoms with E-state index in [4.69, 9.17) is 9.72 Å². The molecule has 2 aliphatic carbocycles. The highest BCUT2D eigenvalue weighted by molar-refractivity contribution is 5.94. The molecule has 4 heterocycles. The molecule has 9 nitrogen and oxygen atoms in total. The van der Waals surface area contributed by atoms with Gasteiger partial charge in [-0.05, 0) is 68.2 Å². The third-order valence-electron chi connectivity index (χ3n) is 10.3. The number of fused-ring (bicyclic) bond motifs is 5. The molecule has 7 rings (SSSR count). The average Bonchev–Trinajstić information content (AvgIpc) is 3.60. The number of aliphatic hydroxyl groups is 2. The topological polar surface area (TPSA) is 131 Å². The van der Waals surface area contributed by atoms with Gasteiger partial charge in [-0.25, -0.2) is 14.2 Å². The number of aromatic nitrogens is 2. The van der Waals surface area contributed by atoms with Crippen molar-refractivity contribution < 1.29 is 28.9 Å². The molecule has 3 N–H and O–H groups in total. The zero-order valence-electron chi connectivity index (χ0n) is 23.8. The number of carbonyl (C=O) groups is 2. The maximum Gasteiger partial charge on any atom is 0.343 e. The first-order chi connectivity index (χ1) is 20.1. The molecule has 1 amide bonds. The first-order valence-electron chi connectivity index (χ1n) is 14.9. The van der Waals surface area contributed by atoms with Crippen LogP contribution in [0.3, 0.4) is 0 Å². The van der Waals surface area contributed by atoms with Crippen molar-refractivity contribution in [2.24, 2.45) is 5.41 Å². The predicted molar refractivity (Wildman–Crippen MR) is 151 cm³/mol. The van der Waals surface area contributed by atoms with E-state index in [9.17, 15) is 24.6 Å². The van der Waals surface area contributed by atoms with E-state index in [0.717, 1.165) is 47.8 Å². The number of aryl methyl sites for hydroxylation is 1. The fourth-order valence-electron chi connectivity index (χ4n) is 7.87. The van der Waals surface area contributed by atoms with Crippen LogP contribution in [-0.4, -0.2) is 38.2 Å². The van der Waals surface area contributed by atoms with Crippen LogP contribution in [0.1, 0.15) is 91.3 Å². The summed E-state index contributed by atoms with van der Waals surface area (Å²) in [6.07, 6.45) is 4.89. The predicted octanol–water partition coefficient (Wildman–Crippen LogP) is 3.57. The summed E-state index contributed by atoms with van der Waals surface area (Å²) in [6.45, 7) is 3.31. The first-order valence-corrected chi connectivity index (χ1v) is 14.9. The Morgan fingerprint density at radius 3 is 2.69 bits per heavy atom. The molecular formula is C32H34FN3O6. The molecule has 1 saturated carbocycles. The smallest absolute Gasteiger partial charge is 0.343 e. The monoisotopic (exact) mass is 575 g/mol. The second-order valence-electron chi connectivity index (χ2n) is 12.3. The Balaban J connectivity index is 1.43. The Hall–Kier alpha value is -3.63. The molecule has 0 spiro atoms. The molecule has 42 heavy (non-hydrogen) atoms. The Kier molecular flexibility index (Phi) is 6.12. The van der Waals surface area contributed by atoms with Gasteiger partial charge in [-0.15, -0.1) is 0 Å². The van der Waals surface area contributed by atoms with Gasteiger partial charge in [-0.1, -0.05) is 19.8 Å². The van der Waals surface area contributed by atoms with Crippen LogP contribution in [-0.2, 0) is 39.5 Å². The Bertz CT molecular complexity index is 1760. The molecule has 1 fully saturated rings. The van der Waals surface area contributed by atoms with Gasteiger partial charge in [-0.2, -0.15) is 0 Å². The van der Waals surface area contributed by atoms with Gasteiger partial charge in [0, 0.05) is 29.2 Å². The summed E-state index contributed by atoms with van der Waals surface area (Å²) in [5, 5.41) is 25.1.